The van der Waals surface area contributed by atoms with Crippen molar-refractivity contribution in [3.8, 4) is 11.5 Å². The van der Waals surface area contributed by atoms with E-state index in [-0.39, 0.29) is 11.5 Å². The number of aromatic hydroxyl groups is 2. The lowest BCUT2D eigenvalue weighted by atomic mass is 10.1. The van der Waals surface area contributed by atoms with E-state index in [2.05, 4.69) is 95.8 Å². The first kappa shape index (κ1) is 22.5. The van der Waals surface area contributed by atoms with Gasteiger partial charge < -0.3 is 10.2 Å². The van der Waals surface area contributed by atoms with Crippen LogP contribution in [-0.4, -0.2) is 19.4 Å². The van der Waals surface area contributed by atoms with Crippen molar-refractivity contribution in [2.45, 2.75) is 13.8 Å². The van der Waals surface area contributed by atoms with Crippen LogP contribution in [0.25, 0.3) is 0 Å². The van der Waals surface area contributed by atoms with E-state index in [9.17, 15) is 10.2 Å². The van der Waals surface area contributed by atoms with E-state index in [1.807, 2.05) is 24.3 Å². The summed E-state index contributed by atoms with van der Waals surface area (Å²) in [5.41, 5.74) is 2.56. The predicted molar refractivity (Wildman–Crippen MR) is 137 cm³/mol. The summed E-state index contributed by atoms with van der Waals surface area (Å²) in [7, 11) is -1.83. The summed E-state index contributed by atoms with van der Waals surface area (Å²) in [4.78, 5) is 0. The van der Waals surface area contributed by atoms with Crippen LogP contribution in [0.1, 0.15) is 11.1 Å². The number of aryl methyl sites for hydroxylation is 1. The largest absolute Gasteiger partial charge is 0.506 e. The van der Waals surface area contributed by atoms with Crippen LogP contribution >= 0.6 is 71.2 Å². The molecular weight excluding hydrogens is 651 g/mol. The van der Waals surface area contributed by atoms with Crippen LogP contribution in [0.15, 0.2) is 60.4 Å². The second-order valence-corrected chi connectivity index (χ2v) is 15.7. The molecule has 0 bridgehead atoms. The standard InChI is InChI=1S/C20H17Br4O2PSi/c1-10-4-3-5-18(11(10)2)28-27(16-8-12(21)6-14(23)19(16)25)17-9-13(22)7-15(24)20(17)26/h3-9,25-26H,28H2,1-2H3. The van der Waals surface area contributed by atoms with E-state index in [0.29, 0.717) is 8.95 Å². The van der Waals surface area contributed by atoms with Gasteiger partial charge in [-0.25, -0.2) is 0 Å². The average Bonchev–Trinajstić information content (AvgIpc) is 2.63. The normalized spacial score (nSPS) is 11.7. The van der Waals surface area contributed by atoms with Crippen LogP contribution in [-0.2, 0) is 0 Å². The smallest absolute Gasteiger partial charge is 0.137 e. The number of hydrogen-bond donors (Lipinski definition) is 2. The maximum Gasteiger partial charge on any atom is 0.137 e. The van der Waals surface area contributed by atoms with Crippen molar-refractivity contribution >= 4 is 96.2 Å². The van der Waals surface area contributed by atoms with Crippen LogP contribution in [0.2, 0.25) is 0 Å². The van der Waals surface area contributed by atoms with Crippen LogP contribution in [0.4, 0.5) is 0 Å². The van der Waals surface area contributed by atoms with E-state index in [1.165, 1.54) is 16.3 Å². The fourth-order valence-corrected chi connectivity index (χ4v) is 13.6. The minimum absolute atomic E-state index is 0.239. The molecule has 0 atom stereocenters. The molecule has 0 radical (unpaired) electrons. The molecule has 0 saturated heterocycles. The summed E-state index contributed by atoms with van der Waals surface area (Å²) >= 11 is 14.0. The molecule has 0 fully saturated rings. The molecule has 2 N–H and O–H groups in total. The zero-order valence-electron chi connectivity index (χ0n) is 15.1. The monoisotopic (exact) mass is 664 g/mol. The first-order valence-corrected chi connectivity index (χ1v) is 15.7. The lowest BCUT2D eigenvalue weighted by molar-refractivity contribution is 0.476. The van der Waals surface area contributed by atoms with E-state index >= 15 is 0 Å². The van der Waals surface area contributed by atoms with E-state index in [0.717, 1.165) is 19.6 Å². The molecule has 8 heteroatoms. The van der Waals surface area contributed by atoms with Gasteiger partial charge in [0.05, 0.1) is 18.1 Å². The van der Waals surface area contributed by atoms with Crippen molar-refractivity contribution in [3.05, 3.63) is 71.5 Å². The van der Waals surface area contributed by atoms with Crippen molar-refractivity contribution in [2.24, 2.45) is 0 Å². The number of phenols is 2. The zero-order valence-corrected chi connectivity index (χ0v) is 23.8. The Morgan fingerprint density at radius 1 is 0.786 bits per heavy atom. The molecule has 0 unspecified atom stereocenters. The maximum atomic E-state index is 10.9. The van der Waals surface area contributed by atoms with Gasteiger partial charge in [0, 0.05) is 19.6 Å². The highest BCUT2D eigenvalue weighted by atomic mass is 79.9. The molecule has 0 saturated carbocycles. The van der Waals surface area contributed by atoms with Gasteiger partial charge in [-0.05, 0) is 81.1 Å². The highest BCUT2D eigenvalue weighted by Crippen LogP contribution is 2.43. The van der Waals surface area contributed by atoms with Crippen molar-refractivity contribution in [1.29, 1.82) is 0 Å². The van der Waals surface area contributed by atoms with Gasteiger partial charge in [-0.3, -0.25) is 0 Å². The quantitative estimate of drug-likeness (QED) is 0.281. The number of halogens is 4. The fourth-order valence-electron chi connectivity index (χ4n) is 2.97. The van der Waals surface area contributed by atoms with E-state index in [4.69, 9.17) is 0 Å². The average molecular weight is 668 g/mol. The van der Waals surface area contributed by atoms with Crippen molar-refractivity contribution < 1.29 is 10.2 Å². The van der Waals surface area contributed by atoms with Crippen LogP contribution < -0.4 is 15.8 Å². The van der Waals surface area contributed by atoms with Crippen molar-refractivity contribution in [1.82, 2.24) is 0 Å². The molecule has 0 aliphatic heterocycles. The highest BCUT2D eigenvalue weighted by molar-refractivity contribution is 9.11. The van der Waals surface area contributed by atoms with E-state index in [1.54, 1.807) is 0 Å². The van der Waals surface area contributed by atoms with Gasteiger partial charge in [0.2, 0.25) is 0 Å². The summed E-state index contributed by atoms with van der Waals surface area (Å²) in [6, 6.07) is 14.0. The van der Waals surface area contributed by atoms with Gasteiger partial charge >= 0.3 is 0 Å². The minimum atomic E-state index is -0.943. The zero-order chi connectivity index (χ0) is 20.6. The molecule has 0 amide bonds. The number of hydrogen-bond acceptors (Lipinski definition) is 2. The first-order chi connectivity index (χ1) is 13.2. The van der Waals surface area contributed by atoms with Crippen molar-refractivity contribution in [2.75, 3.05) is 0 Å². The summed E-state index contributed by atoms with van der Waals surface area (Å²) in [5.74, 6) is 0.477. The summed E-state index contributed by atoms with van der Waals surface area (Å²) in [6.07, 6.45) is 0. The Kier molecular flexibility index (Phi) is 7.49. The maximum absolute atomic E-state index is 10.9. The van der Waals surface area contributed by atoms with Gasteiger partial charge in [0.15, 0.2) is 0 Å². The third-order valence-electron chi connectivity index (χ3n) is 4.64. The Morgan fingerprint density at radius 2 is 1.29 bits per heavy atom. The first-order valence-electron chi connectivity index (χ1n) is 8.37. The van der Waals surface area contributed by atoms with Gasteiger partial charge in [0.1, 0.15) is 11.5 Å². The second kappa shape index (κ2) is 9.32. The molecule has 3 rings (SSSR count). The Hall–Kier alpha value is -0.173. The SMILES string of the molecule is Cc1cccc([SiH2]P(c2cc(Br)cc(Br)c2O)c2cc(Br)cc(Br)c2O)c1C. The molecule has 28 heavy (non-hydrogen) atoms. The molecule has 3 aromatic carbocycles. The van der Waals surface area contributed by atoms with Gasteiger partial charge in [-0.1, -0.05) is 62.7 Å². The minimum Gasteiger partial charge on any atom is -0.506 e. The van der Waals surface area contributed by atoms with Crippen LogP contribution in [0, 0.1) is 13.8 Å². The molecule has 0 aliphatic carbocycles. The topological polar surface area (TPSA) is 40.5 Å². The number of phenolic OH excluding ortho intramolecular Hbond substituents is 2. The molecule has 0 spiro atoms. The molecule has 146 valence electrons. The number of rotatable bonds is 4. The van der Waals surface area contributed by atoms with Crippen molar-refractivity contribution in [3.63, 3.8) is 0 Å². The Labute approximate surface area is 201 Å². The second-order valence-electron chi connectivity index (χ2n) is 6.46. The number of benzene rings is 3. The third kappa shape index (κ3) is 4.76. The molecule has 3 aromatic rings. The van der Waals surface area contributed by atoms with E-state index < -0.39 is 16.7 Å². The lowest BCUT2D eigenvalue weighted by Gasteiger charge is -2.23. The highest BCUT2D eigenvalue weighted by Gasteiger charge is 2.25. The third-order valence-corrected chi connectivity index (χ3v) is 14.1. The molecular formula is C20H17Br4O2PSi. The molecule has 0 aromatic heterocycles. The summed E-state index contributed by atoms with van der Waals surface area (Å²) < 4.78 is 3.08. The van der Waals surface area contributed by atoms with Crippen LogP contribution in [0.5, 0.6) is 11.5 Å². The van der Waals surface area contributed by atoms with Gasteiger partial charge in [0.25, 0.3) is 0 Å². The van der Waals surface area contributed by atoms with Crippen LogP contribution in [0.3, 0.4) is 0 Å². The lowest BCUT2D eigenvalue weighted by Crippen LogP contribution is -2.26. The Bertz CT molecular complexity index is 1000. The molecule has 0 aliphatic rings. The van der Waals surface area contributed by atoms with Gasteiger partial charge in [-0.15, -0.1) is 0 Å². The predicted octanol–water partition coefficient (Wildman–Crippen LogP) is 5.61. The summed E-state index contributed by atoms with van der Waals surface area (Å²) in [6.45, 7) is 4.27. The summed E-state index contributed by atoms with van der Waals surface area (Å²) in [5, 5.41) is 24.8. The molecule has 2 nitrogen and oxygen atoms in total. The Balaban J connectivity index is 2.25. The van der Waals surface area contributed by atoms with Gasteiger partial charge in [-0.2, -0.15) is 0 Å². The molecule has 0 heterocycles. The fraction of sp³-hybridized carbons (Fsp3) is 0.100. The Morgan fingerprint density at radius 3 is 1.79 bits per heavy atom.